The van der Waals surface area contributed by atoms with Gasteiger partial charge < -0.3 is 9.64 Å². The van der Waals surface area contributed by atoms with E-state index in [9.17, 15) is 14.9 Å². The van der Waals surface area contributed by atoms with E-state index in [-0.39, 0.29) is 17.2 Å². The van der Waals surface area contributed by atoms with Crippen molar-refractivity contribution in [1.82, 2.24) is 4.90 Å². The van der Waals surface area contributed by atoms with Gasteiger partial charge in [-0.05, 0) is 32.6 Å². The molecule has 0 fully saturated rings. The van der Waals surface area contributed by atoms with Crippen molar-refractivity contribution >= 4 is 11.5 Å². The Morgan fingerprint density at radius 1 is 1.26 bits per heavy atom. The predicted molar refractivity (Wildman–Crippen MR) is 90.2 cm³/mol. The van der Waals surface area contributed by atoms with E-state index in [1.165, 1.54) is 12.1 Å². The average Bonchev–Trinajstić information content (AvgIpc) is 2.52. The molecule has 0 unspecified atom stereocenters. The third kappa shape index (κ3) is 6.78. The van der Waals surface area contributed by atoms with Crippen molar-refractivity contribution in [2.75, 3.05) is 27.2 Å². The van der Waals surface area contributed by atoms with Gasteiger partial charge in [0.25, 0.3) is 0 Å². The Kier molecular flexibility index (Phi) is 8.26. The van der Waals surface area contributed by atoms with E-state index in [1.807, 2.05) is 19.0 Å². The molecule has 6 heteroatoms. The number of carbonyl (C=O) groups is 1. The van der Waals surface area contributed by atoms with E-state index in [1.54, 1.807) is 6.07 Å². The summed E-state index contributed by atoms with van der Waals surface area (Å²) in [6.45, 7) is 3.19. The maximum absolute atomic E-state index is 12.1. The Hall–Kier alpha value is -1.95. The van der Waals surface area contributed by atoms with Crippen molar-refractivity contribution in [3.8, 4) is 5.75 Å². The number of benzene rings is 1. The van der Waals surface area contributed by atoms with E-state index in [4.69, 9.17) is 4.74 Å². The summed E-state index contributed by atoms with van der Waals surface area (Å²) in [5.41, 5.74) is 0.216. The molecule has 1 rings (SSSR count). The number of rotatable bonds is 11. The molecule has 0 radical (unpaired) electrons. The van der Waals surface area contributed by atoms with Gasteiger partial charge in [0.2, 0.25) is 0 Å². The highest BCUT2D eigenvalue weighted by Crippen LogP contribution is 2.28. The molecule has 1 aromatic carbocycles. The number of hydrogen-bond donors (Lipinski definition) is 0. The Labute approximate surface area is 137 Å². The van der Waals surface area contributed by atoms with Crippen LogP contribution < -0.4 is 4.74 Å². The van der Waals surface area contributed by atoms with Crippen LogP contribution in [-0.2, 0) is 0 Å². The summed E-state index contributed by atoms with van der Waals surface area (Å²) in [5, 5.41) is 11.2. The summed E-state index contributed by atoms with van der Waals surface area (Å²) in [4.78, 5) is 24.7. The minimum atomic E-state index is -0.496. The molecule has 6 nitrogen and oxygen atoms in total. The monoisotopic (exact) mass is 322 g/mol. The quantitative estimate of drug-likeness (QED) is 0.269. The maximum atomic E-state index is 12.1. The van der Waals surface area contributed by atoms with E-state index >= 15 is 0 Å². The minimum absolute atomic E-state index is 0.101. The molecule has 0 N–H and O–H groups in total. The van der Waals surface area contributed by atoms with Crippen LogP contribution in [0.3, 0.4) is 0 Å². The summed E-state index contributed by atoms with van der Waals surface area (Å²) in [7, 11) is 3.76. The SMILES string of the molecule is CCCCCCOc1ccc(C(=O)CCN(C)C)cc1[N+](=O)[O-]. The number of hydrogen-bond acceptors (Lipinski definition) is 5. The average molecular weight is 322 g/mol. The fourth-order valence-corrected chi connectivity index (χ4v) is 2.14. The molecule has 23 heavy (non-hydrogen) atoms. The molecule has 128 valence electrons. The van der Waals surface area contributed by atoms with Gasteiger partial charge in [0.05, 0.1) is 11.5 Å². The van der Waals surface area contributed by atoms with Crippen LogP contribution in [-0.4, -0.2) is 42.9 Å². The van der Waals surface area contributed by atoms with E-state index in [0.29, 0.717) is 25.1 Å². The molecule has 0 heterocycles. The maximum Gasteiger partial charge on any atom is 0.311 e. The van der Waals surface area contributed by atoms with Crippen LogP contribution in [0.2, 0.25) is 0 Å². The number of carbonyl (C=O) groups excluding carboxylic acids is 1. The van der Waals surface area contributed by atoms with Gasteiger partial charge in [-0.2, -0.15) is 0 Å². The summed E-state index contributed by atoms with van der Waals surface area (Å²) < 4.78 is 5.52. The fraction of sp³-hybridized carbons (Fsp3) is 0.588. The van der Waals surface area contributed by atoms with Crippen molar-refractivity contribution in [2.45, 2.75) is 39.0 Å². The van der Waals surface area contributed by atoms with Crippen LogP contribution in [0, 0.1) is 10.1 Å². The van der Waals surface area contributed by atoms with Gasteiger partial charge in [0.1, 0.15) is 0 Å². The number of Topliss-reactive ketones (excluding diaryl/α,β-unsaturated/α-hetero) is 1. The lowest BCUT2D eigenvalue weighted by Crippen LogP contribution is -2.16. The highest BCUT2D eigenvalue weighted by Gasteiger charge is 2.18. The van der Waals surface area contributed by atoms with E-state index < -0.39 is 4.92 Å². The summed E-state index contributed by atoms with van der Waals surface area (Å²) >= 11 is 0. The van der Waals surface area contributed by atoms with Crippen LogP contribution in [0.4, 0.5) is 5.69 Å². The molecule has 0 bridgehead atoms. The Morgan fingerprint density at radius 2 is 2.00 bits per heavy atom. The van der Waals surface area contributed by atoms with Crippen LogP contribution in [0.25, 0.3) is 0 Å². The molecule has 0 saturated heterocycles. The molecular weight excluding hydrogens is 296 g/mol. The Bertz CT molecular complexity index is 529. The van der Waals surface area contributed by atoms with Crippen molar-refractivity contribution in [1.29, 1.82) is 0 Å². The standard InChI is InChI=1S/C17H26N2O4/c1-4-5-6-7-12-23-17-9-8-14(13-15(17)19(21)22)16(20)10-11-18(2)3/h8-9,13H,4-7,10-12H2,1-3H3. The predicted octanol–water partition coefficient (Wildman–Crippen LogP) is 3.69. The molecule has 0 spiro atoms. The largest absolute Gasteiger partial charge is 0.487 e. The number of ether oxygens (including phenoxy) is 1. The van der Waals surface area contributed by atoms with Gasteiger partial charge in [-0.1, -0.05) is 26.2 Å². The summed E-state index contributed by atoms with van der Waals surface area (Å²) in [6.07, 6.45) is 4.51. The third-order valence-electron chi connectivity index (χ3n) is 3.52. The normalized spacial score (nSPS) is 10.8. The number of nitro benzene ring substituents is 1. The molecular formula is C17H26N2O4. The number of ketones is 1. The summed E-state index contributed by atoms with van der Waals surface area (Å²) in [5.74, 6) is 0.131. The van der Waals surface area contributed by atoms with Gasteiger partial charge >= 0.3 is 5.69 Å². The van der Waals surface area contributed by atoms with Crippen molar-refractivity contribution in [2.24, 2.45) is 0 Å². The first-order valence-corrected chi connectivity index (χ1v) is 8.05. The van der Waals surface area contributed by atoms with Gasteiger partial charge in [0, 0.05) is 24.6 Å². The smallest absolute Gasteiger partial charge is 0.311 e. The zero-order valence-corrected chi connectivity index (χ0v) is 14.2. The van der Waals surface area contributed by atoms with Crippen LogP contribution in [0.5, 0.6) is 5.75 Å². The zero-order chi connectivity index (χ0) is 17.2. The lowest BCUT2D eigenvalue weighted by molar-refractivity contribution is -0.385. The third-order valence-corrected chi connectivity index (χ3v) is 3.52. The number of nitrogens with zero attached hydrogens (tertiary/aromatic N) is 2. The zero-order valence-electron chi connectivity index (χ0n) is 14.2. The second kappa shape index (κ2) is 9.94. The first-order chi connectivity index (χ1) is 11.0. The molecule has 0 amide bonds. The molecule has 0 aromatic heterocycles. The van der Waals surface area contributed by atoms with Crippen molar-refractivity contribution < 1.29 is 14.5 Å². The lowest BCUT2D eigenvalue weighted by Gasteiger charge is -2.10. The first-order valence-electron chi connectivity index (χ1n) is 8.05. The van der Waals surface area contributed by atoms with E-state index in [0.717, 1.165) is 25.7 Å². The van der Waals surface area contributed by atoms with Crippen LogP contribution >= 0.6 is 0 Å². The number of unbranched alkanes of at least 4 members (excludes halogenated alkanes) is 3. The molecule has 0 aliphatic heterocycles. The lowest BCUT2D eigenvalue weighted by atomic mass is 10.1. The molecule has 0 saturated carbocycles. The van der Waals surface area contributed by atoms with Crippen LogP contribution in [0.15, 0.2) is 18.2 Å². The van der Waals surface area contributed by atoms with Gasteiger partial charge in [0.15, 0.2) is 11.5 Å². The second-order valence-electron chi connectivity index (χ2n) is 5.83. The van der Waals surface area contributed by atoms with Crippen LogP contribution in [0.1, 0.15) is 49.4 Å². The first kappa shape index (κ1) is 19.1. The topological polar surface area (TPSA) is 72.7 Å². The highest BCUT2D eigenvalue weighted by atomic mass is 16.6. The fourth-order valence-electron chi connectivity index (χ4n) is 2.14. The second-order valence-corrected chi connectivity index (χ2v) is 5.83. The molecule has 0 atom stereocenters. The Balaban J connectivity index is 2.73. The molecule has 0 aliphatic rings. The van der Waals surface area contributed by atoms with Gasteiger partial charge in [-0.25, -0.2) is 0 Å². The molecule has 1 aromatic rings. The van der Waals surface area contributed by atoms with Gasteiger partial charge in [-0.3, -0.25) is 14.9 Å². The summed E-state index contributed by atoms with van der Waals surface area (Å²) in [6, 6.07) is 4.45. The molecule has 0 aliphatic carbocycles. The number of nitro groups is 1. The highest BCUT2D eigenvalue weighted by molar-refractivity contribution is 5.97. The van der Waals surface area contributed by atoms with Crippen molar-refractivity contribution in [3.05, 3.63) is 33.9 Å². The van der Waals surface area contributed by atoms with E-state index in [2.05, 4.69) is 6.92 Å². The van der Waals surface area contributed by atoms with Crippen molar-refractivity contribution in [3.63, 3.8) is 0 Å². The Morgan fingerprint density at radius 3 is 2.61 bits per heavy atom. The van der Waals surface area contributed by atoms with Gasteiger partial charge in [-0.15, -0.1) is 0 Å². The minimum Gasteiger partial charge on any atom is -0.487 e.